The van der Waals surface area contributed by atoms with E-state index in [0.717, 1.165) is 55.3 Å². The molecule has 2 aromatic rings. The Morgan fingerprint density at radius 2 is 1.76 bits per heavy atom. The van der Waals surface area contributed by atoms with Gasteiger partial charge in [0.1, 0.15) is 6.04 Å². The average molecular weight is 453 g/mol. The highest BCUT2D eigenvalue weighted by molar-refractivity contribution is 6.06. The van der Waals surface area contributed by atoms with E-state index in [-0.39, 0.29) is 11.8 Å². The summed E-state index contributed by atoms with van der Waals surface area (Å²) in [5.41, 5.74) is 3.84. The van der Waals surface area contributed by atoms with Gasteiger partial charge in [-0.25, -0.2) is 0 Å². The second-order valence-corrected chi connectivity index (χ2v) is 8.60. The van der Waals surface area contributed by atoms with Gasteiger partial charge in [-0.2, -0.15) is 0 Å². The first-order valence-corrected chi connectivity index (χ1v) is 12.0. The number of unbranched alkanes of at least 4 members (excludes halogenated alkanes) is 3. The van der Waals surface area contributed by atoms with Crippen molar-refractivity contribution in [2.75, 3.05) is 18.6 Å². The number of nitrogens with one attached hydrogen (secondary N) is 1. The Morgan fingerprint density at radius 1 is 1.00 bits per heavy atom. The Morgan fingerprint density at radius 3 is 2.45 bits per heavy atom. The molecule has 1 atom stereocenters. The van der Waals surface area contributed by atoms with Crippen molar-refractivity contribution in [2.45, 2.75) is 71.9 Å². The predicted octanol–water partition coefficient (Wildman–Crippen LogP) is 5.33. The van der Waals surface area contributed by atoms with Gasteiger partial charge in [0.05, 0.1) is 20.3 Å². The van der Waals surface area contributed by atoms with Gasteiger partial charge in [0.2, 0.25) is 5.91 Å². The minimum Gasteiger partial charge on any atom is -0.493 e. The van der Waals surface area contributed by atoms with Crippen molar-refractivity contribution < 1.29 is 19.1 Å². The van der Waals surface area contributed by atoms with Crippen molar-refractivity contribution in [3.8, 4) is 11.5 Å². The van der Waals surface area contributed by atoms with Crippen LogP contribution >= 0.6 is 0 Å². The van der Waals surface area contributed by atoms with E-state index in [0.29, 0.717) is 24.7 Å². The standard InChI is InChI=1S/C27H36N2O4/c1-5-7-9-15-33-24-14-12-21(17-25(24)32-4)18-29-23-13-11-20(10-8-6-2)16-22(23)26(27(29)31)28-19(3)30/h11-14,16-17,26H,5-10,15,18H2,1-4H3,(H,28,30). The number of ether oxygens (including phenoxy) is 2. The quantitative estimate of drug-likeness (QED) is 0.442. The number of carbonyl (C=O) groups excluding carboxylic acids is 2. The van der Waals surface area contributed by atoms with Gasteiger partial charge in [0.15, 0.2) is 11.5 Å². The number of carbonyl (C=O) groups is 2. The molecule has 6 heteroatoms. The number of fused-ring (bicyclic) bond motifs is 1. The Hall–Kier alpha value is -3.02. The van der Waals surface area contributed by atoms with Crippen LogP contribution < -0.4 is 19.7 Å². The van der Waals surface area contributed by atoms with Crippen molar-refractivity contribution in [3.05, 3.63) is 53.1 Å². The first kappa shape index (κ1) is 24.6. The van der Waals surface area contributed by atoms with E-state index in [1.54, 1.807) is 12.0 Å². The molecule has 0 saturated carbocycles. The van der Waals surface area contributed by atoms with E-state index in [2.05, 4.69) is 31.3 Å². The minimum atomic E-state index is -0.651. The maximum Gasteiger partial charge on any atom is 0.254 e. The van der Waals surface area contributed by atoms with Crippen LogP contribution in [-0.2, 0) is 22.6 Å². The van der Waals surface area contributed by atoms with Gasteiger partial charge in [0, 0.05) is 18.2 Å². The molecule has 2 amide bonds. The molecule has 3 rings (SSSR count). The van der Waals surface area contributed by atoms with E-state index in [4.69, 9.17) is 9.47 Å². The number of amides is 2. The topological polar surface area (TPSA) is 67.9 Å². The zero-order chi connectivity index (χ0) is 23.8. The Bertz CT molecular complexity index is 973. The number of nitrogens with zero attached hydrogens (tertiary/aromatic N) is 1. The number of rotatable bonds is 12. The van der Waals surface area contributed by atoms with E-state index in [1.807, 2.05) is 24.3 Å². The number of hydrogen-bond donors (Lipinski definition) is 1. The smallest absolute Gasteiger partial charge is 0.254 e. The molecule has 0 radical (unpaired) electrons. The highest BCUT2D eigenvalue weighted by Crippen LogP contribution is 2.38. The van der Waals surface area contributed by atoms with Crippen molar-refractivity contribution >= 4 is 17.5 Å². The number of benzene rings is 2. The highest BCUT2D eigenvalue weighted by atomic mass is 16.5. The SMILES string of the molecule is CCCCCOc1ccc(CN2C(=O)C(NC(C)=O)c3cc(CCCC)ccc32)cc1OC. The normalized spacial score (nSPS) is 14.8. The lowest BCUT2D eigenvalue weighted by atomic mass is 10.0. The molecule has 0 saturated heterocycles. The minimum absolute atomic E-state index is 0.119. The van der Waals surface area contributed by atoms with Crippen molar-refractivity contribution in [1.82, 2.24) is 5.32 Å². The summed E-state index contributed by atoms with van der Waals surface area (Å²) in [7, 11) is 1.62. The van der Waals surface area contributed by atoms with Crippen LogP contribution in [0, 0.1) is 0 Å². The first-order valence-electron chi connectivity index (χ1n) is 12.0. The lowest BCUT2D eigenvalue weighted by Crippen LogP contribution is -2.36. The Balaban J connectivity index is 1.83. The number of anilines is 1. The summed E-state index contributed by atoms with van der Waals surface area (Å²) in [5, 5.41) is 2.84. The summed E-state index contributed by atoms with van der Waals surface area (Å²) in [5.74, 6) is 1.03. The van der Waals surface area contributed by atoms with Crippen molar-refractivity contribution in [2.24, 2.45) is 0 Å². The number of methoxy groups -OCH3 is 1. The zero-order valence-electron chi connectivity index (χ0n) is 20.3. The van der Waals surface area contributed by atoms with Crippen LogP contribution in [0.2, 0.25) is 0 Å². The fourth-order valence-electron chi connectivity index (χ4n) is 4.18. The van der Waals surface area contributed by atoms with E-state index in [9.17, 15) is 9.59 Å². The molecule has 1 aliphatic rings. The molecule has 1 heterocycles. The maximum absolute atomic E-state index is 13.3. The van der Waals surface area contributed by atoms with E-state index in [1.165, 1.54) is 12.5 Å². The van der Waals surface area contributed by atoms with E-state index >= 15 is 0 Å². The predicted molar refractivity (Wildman–Crippen MR) is 131 cm³/mol. The van der Waals surface area contributed by atoms with Gasteiger partial charge >= 0.3 is 0 Å². The molecule has 0 aliphatic carbocycles. The second kappa shape index (κ2) is 11.7. The van der Waals surface area contributed by atoms with Crippen LogP contribution in [0.3, 0.4) is 0 Å². The molecule has 0 spiro atoms. The van der Waals surface area contributed by atoms with E-state index < -0.39 is 6.04 Å². The van der Waals surface area contributed by atoms with Crippen LogP contribution in [0.15, 0.2) is 36.4 Å². The molecule has 1 N–H and O–H groups in total. The number of hydrogen-bond acceptors (Lipinski definition) is 4. The van der Waals surface area contributed by atoms with Crippen LogP contribution in [0.1, 0.15) is 75.6 Å². The fourth-order valence-corrected chi connectivity index (χ4v) is 4.18. The third kappa shape index (κ3) is 6.06. The molecular formula is C27H36N2O4. The van der Waals surface area contributed by atoms with Crippen LogP contribution in [-0.4, -0.2) is 25.5 Å². The summed E-state index contributed by atoms with van der Waals surface area (Å²) < 4.78 is 11.4. The first-order chi connectivity index (χ1) is 16.0. The Labute approximate surface area is 197 Å². The fraction of sp³-hybridized carbons (Fsp3) is 0.481. The molecule has 0 bridgehead atoms. The van der Waals surface area contributed by atoms with Gasteiger partial charge in [0.25, 0.3) is 5.91 Å². The molecular weight excluding hydrogens is 416 g/mol. The van der Waals surface area contributed by atoms with Gasteiger partial charge in [-0.05, 0) is 48.6 Å². The molecule has 33 heavy (non-hydrogen) atoms. The zero-order valence-corrected chi connectivity index (χ0v) is 20.3. The molecule has 0 fully saturated rings. The third-order valence-electron chi connectivity index (χ3n) is 5.95. The summed E-state index contributed by atoms with van der Waals surface area (Å²) in [4.78, 5) is 26.9. The van der Waals surface area contributed by atoms with Crippen LogP contribution in [0.25, 0.3) is 0 Å². The average Bonchev–Trinajstić information content (AvgIpc) is 3.06. The summed E-state index contributed by atoms with van der Waals surface area (Å²) in [6.45, 7) is 6.81. The molecule has 6 nitrogen and oxygen atoms in total. The maximum atomic E-state index is 13.3. The summed E-state index contributed by atoms with van der Waals surface area (Å²) >= 11 is 0. The summed E-state index contributed by atoms with van der Waals surface area (Å²) in [6, 6.07) is 11.3. The van der Waals surface area contributed by atoms with Gasteiger partial charge in [-0.15, -0.1) is 0 Å². The van der Waals surface area contributed by atoms with Crippen LogP contribution in [0.5, 0.6) is 11.5 Å². The van der Waals surface area contributed by atoms with Crippen LogP contribution in [0.4, 0.5) is 5.69 Å². The lowest BCUT2D eigenvalue weighted by Gasteiger charge is -2.19. The molecule has 0 aromatic heterocycles. The van der Waals surface area contributed by atoms with Crippen molar-refractivity contribution in [1.29, 1.82) is 0 Å². The van der Waals surface area contributed by atoms with Gasteiger partial charge in [-0.1, -0.05) is 51.3 Å². The highest BCUT2D eigenvalue weighted by Gasteiger charge is 2.38. The molecule has 2 aromatic carbocycles. The molecule has 178 valence electrons. The second-order valence-electron chi connectivity index (χ2n) is 8.60. The monoisotopic (exact) mass is 452 g/mol. The molecule has 1 unspecified atom stereocenters. The van der Waals surface area contributed by atoms with Crippen molar-refractivity contribution in [3.63, 3.8) is 0 Å². The molecule has 1 aliphatic heterocycles. The number of aryl methyl sites for hydroxylation is 1. The van der Waals surface area contributed by atoms with Gasteiger partial charge < -0.3 is 19.7 Å². The lowest BCUT2D eigenvalue weighted by molar-refractivity contribution is -0.126. The summed E-state index contributed by atoms with van der Waals surface area (Å²) in [6.07, 6.45) is 6.44. The van der Waals surface area contributed by atoms with Gasteiger partial charge in [-0.3, -0.25) is 9.59 Å². The largest absolute Gasteiger partial charge is 0.493 e. The Kier molecular flexibility index (Phi) is 8.75. The third-order valence-corrected chi connectivity index (χ3v) is 5.95.